The summed E-state index contributed by atoms with van der Waals surface area (Å²) in [6.07, 6.45) is 2.07. The van der Waals surface area contributed by atoms with E-state index in [1.165, 1.54) is 6.39 Å². The van der Waals surface area contributed by atoms with Crippen LogP contribution in [0.5, 0.6) is 11.5 Å². The lowest BCUT2D eigenvalue weighted by atomic mass is 9.80. The highest BCUT2D eigenvalue weighted by Crippen LogP contribution is 2.35. The first-order chi connectivity index (χ1) is 12.1. The zero-order valence-corrected chi connectivity index (χ0v) is 13.2. The SMILES string of the molecule is O=C(NC1CC(C(=O)O)C1)c1ncoc1-c1ccc2c(c1)OCCO2. The molecular formula is C17H16N2O6. The monoisotopic (exact) mass is 344 g/mol. The molecule has 25 heavy (non-hydrogen) atoms. The van der Waals surface area contributed by atoms with E-state index >= 15 is 0 Å². The Morgan fingerprint density at radius 3 is 2.68 bits per heavy atom. The van der Waals surface area contributed by atoms with Crippen molar-refractivity contribution < 1.29 is 28.6 Å². The van der Waals surface area contributed by atoms with Gasteiger partial charge in [0, 0.05) is 11.6 Å². The van der Waals surface area contributed by atoms with Crippen LogP contribution in [0.2, 0.25) is 0 Å². The second kappa shape index (κ2) is 6.12. The van der Waals surface area contributed by atoms with Crippen molar-refractivity contribution in [3.05, 3.63) is 30.3 Å². The van der Waals surface area contributed by atoms with Crippen LogP contribution >= 0.6 is 0 Å². The molecule has 0 radical (unpaired) electrons. The number of fused-ring (bicyclic) bond motifs is 1. The maximum absolute atomic E-state index is 12.4. The van der Waals surface area contributed by atoms with Crippen LogP contribution in [0.3, 0.4) is 0 Å². The standard InChI is InChI=1S/C17H16N2O6/c20-16(19-11-5-10(6-11)17(21)22)14-15(25-8-18-14)9-1-2-12-13(7-9)24-4-3-23-12/h1-2,7-8,10-11H,3-6H2,(H,19,20)(H,21,22). The van der Waals surface area contributed by atoms with E-state index in [2.05, 4.69) is 10.3 Å². The quantitative estimate of drug-likeness (QED) is 0.868. The number of aliphatic carboxylic acids is 1. The topological polar surface area (TPSA) is 111 Å². The summed E-state index contributed by atoms with van der Waals surface area (Å²) < 4.78 is 16.4. The molecule has 0 unspecified atom stereocenters. The van der Waals surface area contributed by atoms with Gasteiger partial charge >= 0.3 is 5.97 Å². The third kappa shape index (κ3) is 2.90. The van der Waals surface area contributed by atoms with Gasteiger partial charge in [0.25, 0.3) is 5.91 Å². The molecule has 1 aliphatic carbocycles. The Balaban J connectivity index is 1.51. The first-order valence-electron chi connectivity index (χ1n) is 7.99. The Morgan fingerprint density at radius 2 is 1.92 bits per heavy atom. The van der Waals surface area contributed by atoms with Gasteiger partial charge in [0.2, 0.25) is 0 Å². The average molecular weight is 344 g/mol. The average Bonchev–Trinajstić information content (AvgIpc) is 3.06. The number of hydrogen-bond donors (Lipinski definition) is 2. The van der Waals surface area contributed by atoms with Crippen molar-refractivity contribution in [1.82, 2.24) is 10.3 Å². The molecule has 1 fully saturated rings. The van der Waals surface area contributed by atoms with Gasteiger partial charge in [-0.25, -0.2) is 4.98 Å². The molecule has 2 aromatic rings. The molecule has 130 valence electrons. The lowest BCUT2D eigenvalue weighted by molar-refractivity contribution is -0.145. The molecule has 0 atom stereocenters. The van der Waals surface area contributed by atoms with E-state index in [1.807, 2.05) is 0 Å². The van der Waals surface area contributed by atoms with Crippen LogP contribution in [0.25, 0.3) is 11.3 Å². The minimum atomic E-state index is -0.830. The summed E-state index contributed by atoms with van der Waals surface area (Å²) in [5.41, 5.74) is 0.819. The van der Waals surface area contributed by atoms with Crippen molar-refractivity contribution in [3.63, 3.8) is 0 Å². The lowest BCUT2D eigenvalue weighted by Crippen LogP contribution is -2.46. The van der Waals surface area contributed by atoms with Crippen molar-refractivity contribution >= 4 is 11.9 Å². The van der Waals surface area contributed by atoms with E-state index in [9.17, 15) is 9.59 Å². The Bertz CT molecular complexity index is 824. The van der Waals surface area contributed by atoms with E-state index in [0.29, 0.717) is 48.9 Å². The van der Waals surface area contributed by atoms with E-state index < -0.39 is 5.97 Å². The Labute approximate surface area is 142 Å². The van der Waals surface area contributed by atoms with Crippen LogP contribution in [-0.4, -0.2) is 41.2 Å². The number of ether oxygens (including phenoxy) is 2. The fraction of sp³-hybridized carbons (Fsp3) is 0.353. The van der Waals surface area contributed by atoms with Crippen molar-refractivity contribution in [2.75, 3.05) is 13.2 Å². The summed E-state index contributed by atoms with van der Waals surface area (Å²) >= 11 is 0. The van der Waals surface area contributed by atoms with Gasteiger partial charge in [0.15, 0.2) is 29.3 Å². The molecule has 1 aromatic carbocycles. The highest BCUT2D eigenvalue weighted by atomic mass is 16.6. The second-order valence-electron chi connectivity index (χ2n) is 6.07. The fourth-order valence-corrected chi connectivity index (χ4v) is 2.99. The number of nitrogens with one attached hydrogen (secondary N) is 1. The number of rotatable bonds is 4. The largest absolute Gasteiger partial charge is 0.486 e. The lowest BCUT2D eigenvalue weighted by Gasteiger charge is -2.32. The number of aromatic nitrogens is 1. The molecule has 2 heterocycles. The number of oxazole rings is 1. The van der Waals surface area contributed by atoms with Gasteiger partial charge in [0.05, 0.1) is 5.92 Å². The van der Waals surface area contributed by atoms with Crippen LogP contribution in [-0.2, 0) is 4.79 Å². The number of amides is 1. The molecule has 1 saturated carbocycles. The summed E-state index contributed by atoms with van der Waals surface area (Å²) in [7, 11) is 0. The number of nitrogens with zero attached hydrogens (tertiary/aromatic N) is 1. The number of carboxylic acids is 1. The van der Waals surface area contributed by atoms with E-state index in [-0.39, 0.29) is 23.6 Å². The van der Waals surface area contributed by atoms with Crippen LogP contribution < -0.4 is 14.8 Å². The molecular weight excluding hydrogens is 328 g/mol. The summed E-state index contributed by atoms with van der Waals surface area (Å²) in [5.74, 6) is -0.0238. The van der Waals surface area contributed by atoms with Crippen LogP contribution in [0.4, 0.5) is 0 Å². The molecule has 1 aliphatic heterocycles. The summed E-state index contributed by atoms with van der Waals surface area (Å²) in [4.78, 5) is 27.3. The third-order valence-corrected chi connectivity index (χ3v) is 4.41. The Kier molecular flexibility index (Phi) is 3.79. The van der Waals surface area contributed by atoms with Gasteiger partial charge < -0.3 is 24.3 Å². The number of carbonyl (C=O) groups excluding carboxylic acids is 1. The minimum Gasteiger partial charge on any atom is -0.486 e. The van der Waals surface area contributed by atoms with Gasteiger partial charge in [0.1, 0.15) is 13.2 Å². The summed E-state index contributed by atoms with van der Waals surface area (Å²) in [6, 6.07) is 5.13. The molecule has 8 heteroatoms. The molecule has 2 aliphatic rings. The molecule has 1 amide bonds. The summed E-state index contributed by atoms with van der Waals surface area (Å²) in [5, 5.41) is 11.7. The molecule has 4 rings (SSSR count). The highest BCUT2D eigenvalue weighted by Gasteiger charge is 2.36. The minimum absolute atomic E-state index is 0.154. The number of carbonyl (C=O) groups is 2. The van der Waals surface area contributed by atoms with Gasteiger partial charge in [-0.3, -0.25) is 9.59 Å². The molecule has 0 spiro atoms. The van der Waals surface area contributed by atoms with Crippen molar-refractivity contribution in [2.45, 2.75) is 18.9 Å². The van der Waals surface area contributed by atoms with E-state index in [1.54, 1.807) is 18.2 Å². The van der Waals surface area contributed by atoms with Crippen LogP contribution in [0.1, 0.15) is 23.3 Å². The van der Waals surface area contributed by atoms with Gasteiger partial charge in [-0.1, -0.05) is 0 Å². The van der Waals surface area contributed by atoms with Crippen molar-refractivity contribution in [1.29, 1.82) is 0 Å². The second-order valence-corrected chi connectivity index (χ2v) is 6.07. The molecule has 0 saturated heterocycles. The molecule has 0 bridgehead atoms. The van der Waals surface area contributed by atoms with E-state index in [4.69, 9.17) is 19.0 Å². The summed E-state index contributed by atoms with van der Waals surface area (Å²) in [6.45, 7) is 0.966. The number of hydrogen-bond acceptors (Lipinski definition) is 6. The van der Waals surface area contributed by atoms with Crippen molar-refractivity contribution in [3.8, 4) is 22.8 Å². The molecule has 8 nitrogen and oxygen atoms in total. The Hall–Kier alpha value is -3.03. The van der Waals surface area contributed by atoms with Crippen molar-refractivity contribution in [2.24, 2.45) is 5.92 Å². The molecule has 1 aromatic heterocycles. The van der Waals surface area contributed by atoms with Gasteiger partial charge in [-0.2, -0.15) is 0 Å². The first-order valence-corrected chi connectivity index (χ1v) is 7.99. The number of benzene rings is 1. The Morgan fingerprint density at radius 1 is 1.16 bits per heavy atom. The normalized spacial score (nSPS) is 21.3. The van der Waals surface area contributed by atoms with Crippen LogP contribution in [0.15, 0.2) is 29.0 Å². The third-order valence-electron chi connectivity index (χ3n) is 4.41. The highest BCUT2D eigenvalue weighted by molar-refractivity contribution is 5.98. The maximum atomic E-state index is 12.4. The van der Waals surface area contributed by atoms with E-state index in [0.717, 1.165) is 0 Å². The number of carboxylic acid groups (broad SMARTS) is 1. The molecule has 2 N–H and O–H groups in total. The zero-order valence-electron chi connectivity index (χ0n) is 13.2. The maximum Gasteiger partial charge on any atom is 0.306 e. The fourth-order valence-electron chi connectivity index (χ4n) is 2.99. The van der Waals surface area contributed by atoms with Crippen LogP contribution in [0, 0.1) is 5.92 Å². The van der Waals surface area contributed by atoms with Gasteiger partial charge in [-0.05, 0) is 31.0 Å². The van der Waals surface area contributed by atoms with Gasteiger partial charge in [-0.15, -0.1) is 0 Å². The zero-order chi connectivity index (χ0) is 17.4. The predicted molar refractivity (Wildman–Crippen MR) is 84.5 cm³/mol. The first kappa shape index (κ1) is 15.5. The smallest absolute Gasteiger partial charge is 0.306 e. The predicted octanol–water partition coefficient (Wildman–Crippen LogP) is 1.71.